The van der Waals surface area contributed by atoms with Gasteiger partial charge in [-0.25, -0.2) is 0 Å². The lowest BCUT2D eigenvalue weighted by Gasteiger charge is -2.09. The Hall–Kier alpha value is -1.64. The van der Waals surface area contributed by atoms with E-state index >= 15 is 0 Å². The molecule has 1 rings (SSSR count). The van der Waals surface area contributed by atoms with Crippen LogP contribution < -0.4 is 5.32 Å². The van der Waals surface area contributed by atoms with Crippen molar-refractivity contribution in [3.8, 4) is 0 Å². The number of hydrogen-bond donors (Lipinski definition) is 1. The lowest BCUT2D eigenvalue weighted by atomic mass is 9.99. The molecule has 86 valence electrons. The molecule has 0 saturated heterocycles. The molecule has 3 nitrogen and oxygen atoms in total. The molecule has 1 N–H and O–H groups in total. The van der Waals surface area contributed by atoms with Crippen molar-refractivity contribution in [1.82, 2.24) is 0 Å². The van der Waals surface area contributed by atoms with Gasteiger partial charge in [0.15, 0.2) is 0 Å². The second kappa shape index (κ2) is 5.45. The van der Waals surface area contributed by atoms with Crippen LogP contribution in [0.4, 0.5) is 5.69 Å². The summed E-state index contributed by atoms with van der Waals surface area (Å²) < 4.78 is 0. The maximum Gasteiger partial charge on any atom is 0.291 e. The van der Waals surface area contributed by atoms with E-state index in [0.29, 0.717) is 11.6 Å². The molecule has 16 heavy (non-hydrogen) atoms. The third kappa shape index (κ3) is 3.19. The van der Waals surface area contributed by atoms with Crippen LogP contribution in [-0.2, 0) is 9.59 Å². The van der Waals surface area contributed by atoms with Crippen molar-refractivity contribution in [3.63, 3.8) is 0 Å². The number of amides is 1. The molecule has 0 radical (unpaired) electrons. The molecule has 0 aromatic heterocycles. The number of anilines is 1. The Bertz CT molecular complexity index is 381. The first-order chi connectivity index (χ1) is 7.54. The molecular weight excluding hydrogens is 202 g/mol. The van der Waals surface area contributed by atoms with Gasteiger partial charge in [-0.2, -0.15) is 0 Å². The first kappa shape index (κ1) is 12.4. The van der Waals surface area contributed by atoms with Crippen LogP contribution in [-0.4, -0.2) is 11.7 Å². The fourth-order valence-corrected chi connectivity index (χ4v) is 1.35. The number of nitrogens with one attached hydrogen (secondary N) is 1. The number of benzene rings is 1. The summed E-state index contributed by atoms with van der Waals surface area (Å²) in [6, 6.07) is 7.60. The zero-order chi connectivity index (χ0) is 12.1. The molecule has 0 aliphatic heterocycles. The van der Waals surface area contributed by atoms with Crippen LogP contribution in [0, 0.1) is 0 Å². The molecule has 0 aliphatic carbocycles. The number of Topliss-reactive ketones (excluding diaryl/α,β-unsaturated/α-hetero) is 1. The summed E-state index contributed by atoms with van der Waals surface area (Å²) in [5, 5.41) is 2.54. The summed E-state index contributed by atoms with van der Waals surface area (Å²) in [4.78, 5) is 21.9. The molecule has 0 aliphatic rings. The molecule has 0 saturated carbocycles. The first-order valence-corrected chi connectivity index (χ1v) is 5.46. The van der Waals surface area contributed by atoms with Crippen LogP contribution in [0.3, 0.4) is 0 Å². The van der Waals surface area contributed by atoms with Crippen molar-refractivity contribution < 1.29 is 9.59 Å². The zero-order valence-corrected chi connectivity index (χ0v) is 9.91. The zero-order valence-electron chi connectivity index (χ0n) is 9.91. The first-order valence-electron chi connectivity index (χ1n) is 5.46. The van der Waals surface area contributed by atoms with E-state index in [4.69, 9.17) is 0 Å². The highest BCUT2D eigenvalue weighted by Gasteiger charge is 2.08. The molecule has 1 aromatic rings. The average Bonchev–Trinajstić information content (AvgIpc) is 2.28. The molecule has 0 fully saturated rings. The topological polar surface area (TPSA) is 46.2 Å². The van der Waals surface area contributed by atoms with E-state index in [-0.39, 0.29) is 0 Å². The normalized spacial score (nSPS) is 11.9. The van der Waals surface area contributed by atoms with Crippen LogP contribution in [0.15, 0.2) is 24.3 Å². The van der Waals surface area contributed by atoms with Crippen LogP contribution in [0.25, 0.3) is 0 Å². The van der Waals surface area contributed by atoms with Crippen LogP contribution in [0.5, 0.6) is 0 Å². The minimum Gasteiger partial charge on any atom is -0.319 e. The Labute approximate surface area is 95.9 Å². The SMILES string of the molecule is CCC(C)c1ccc(NC(=O)C(C)=O)cc1. The highest BCUT2D eigenvalue weighted by atomic mass is 16.2. The van der Waals surface area contributed by atoms with Gasteiger partial charge in [-0.1, -0.05) is 26.0 Å². The van der Waals surface area contributed by atoms with E-state index < -0.39 is 11.7 Å². The van der Waals surface area contributed by atoms with Crippen LogP contribution in [0.1, 0.15) is 38.7 Å². The molecule has 1 aromatic carbocycles. The third-order valence-corrected chi connectivity index (χ3v) is 2.67. The Morgan fingerprint density at radius 3 is 2.25 bits per heavy atom. The summed E-state index contributed by atoms with van der Waals surface area (Å²) in [7, 11) is 0. The molecule has 0 heterocycles. The second-order valence-corrected chi connectivity index (χ2v) is 3.94. The Morgan fingerprint density at radius 2 is 1.81 bits per heavy atom. The van der Waals surface area contributed by atoms with Crippen molar-refractivity contribution in [2.45, 2.75) is 33.1 Å². The fraction of sp³-hybridized carbons (Fsp3) is 0.385. The van der Waals surface area contributed by atoms with Gasteiger partial charge in [-0.3, -0.25) is 9.59 Å². The predicted octanol–water partition coefficient (Wildman–Crippen LogP) is 2.73. The third-order valence-electron chi connectivity index (χ3n) is 2.67. The molecule has 1 unspecified atom stereocenters. The summed E-state index contributed by atoms with van der Waals surface area (Å²) in [5.41, 5.74) is 1.90. The van der Waals surface area contributed by atoms with Crippen LogP contribution >= 0.6 is 0 Å². The Morgan fingerprint density at radius 1 is 1.25 bits per heavy atom. The summed E-state index contributed by atoms with van der Waals surface area (Å²) >= 11 is 0. The smallest absolute Gasteiger partial charge is 0.291 e. The minimum absolute atomic E-state index is 0.481. The number of carbonyl (C=O) groups is 2. The minimum atomic E-state index is -0.573. The van der Waals surface area contributed by atoms with Gasteiger partial charge in [0.2, 0.25) is 5.78 Å². The van der Waals surface area contributed by atoms with Crippen molar-refractivity contribution in [2.75, 3.05) is 5.32 Å². The van der Waals surface area contributed by atoms with Crippen LogP contribution in [0.2, 0.25) is 0 Å². The van der Waals surface area contributed by atoms with E-state index in [1.54, 1.807) is 0 Å². The summed E-state index contributed by atoms with van der Waals surface area (Å²) in [6.07, 6.45) is 1.08. The van der Waals surface area contributed by atoms with E-state index in [1.807, 2.05) is 24.3 Å². The van der Waals surface area contributed by atoms with Gasteiger partial charge >= 0.3 is 0 Å². The standard InChI is InChI=1S/C13H17NO2/c1-4-9(2)11-5-7-12(8-6-11)14-13(16)10(3)15/h5-9H,4H2,1-3H3,(H,14,16). The highest BCUT2D eigenvalue weighted by Crippen LogP contribution is 2.20. The molecular formula is C13H17NO2. The number of ketones is 1. The van der Waals surface area contributed by atoms with Gasteiger partial charge < -0.3 is 5.32 Å². The summed E-state index contributed by atoms with van der Waals surface area (Å²) in [6.45, 7) is 5.54. The molecule has 0 bridgehead atoms. The lowest BCUT2D eigenvalue weighted by Crippen LogP contribution is -2.19. The van der Waals surface area contributed by atoms with Crippen molar-refractivity contribution in [1.29, 1.82) is 0 Å². The Kier molecular flexibility index (Phi) is 4.23. The Balaban J connectivity index is 2.72. The quantitative estimate of drug-likeness (QED) is 0.791. The second-order valence-electron chi connectivity index (χ2n) is 3.94. The number of rotatable bonds is 4. The fourth-order valence-electron chi connectivity index (χ4n) is 1.35. The van der Waals surface area contributed by atoms with Gasteiger partial charge in [0.25, 0.3) is 5.91 Å². The van der Waals surface area contributed by atoms with Crippen molar-refractivity contribution in [3.05, 3.63) is 29.8 Å². The van der Waals surface area contributed by atoms with Crippen molar-refractivity contribution in [2.24, 2.45) is 0 Å². The lowest BCUT2D eigenvalue weighted by molar-refractivity contribution is -0.133. The molecule has 1 atom stereocenters. The van der Waals surface area contributed by atoms with Crippen molar-refractivity contribution >= 4 is 17.4 Å². The maximum atomic E-state index is 11.1. The largest absolute Gasteiger partial charge is 0.319 e. The highest BCUT2D eigenvalue weighted by molar-refractivity contribution is 6.39. The monoisotopic (exact) mass is 219 g/mol. The van der Waals surface area contributed by atoms with Gasteiger partial charge in [-0.15, -0.1) is 0 Å². The molecule has 3 heteroatoms. The van der Waals surface area contributed by atoms with Gasteiger partial charge in [0, 0.05) is 12.6 Å². The van der Waals surface area contributed by atoms with Gasteiger partial charge in [0.1, 0.15) is 0 Å². The van der Waals surface area contributed by atoms with E-state index in [0.717, 1.165) is 6.42 Å². The molecule has 0 spiro atoms. The van der Waals surface area contributed by atoms with Gasteiger partial charge in [0.05, 0.1) is 0 Å². The van der Waals surface area contributed by atoms with E-state index in [9.17, 15) is 9.59 Å². The van der Waals surface area contributed by atoms with E-state index in [1.165, 1.54) is 12.5 Å². The predicted molar refractivity (Wildman–Crippen MR) is 64.5 cm³/mol. The number of carbonyl (C=O) groups excluding carboxylic acids is 2. The molecule has 1 amide bonds. The summed E-state index contributed by atoms with van der Waals surface area (Å²) in [5.74, 6) is -0.542. The van der Waals surface area contributed by atoms with E-state index in [2.05, 4.69) is 19.2 Å². The van der Waals surface area contributed by atoms with Gasteiger partial charge in [-0.05, 0) is 30.0 Å². The number of hydrogen-bond acceptors (Lipinski definition) is 2. The maximum absolute atomic E-state index is 11.1. The average molecular weight is 219 g/mol.